The van der Waals surface area contributed by atoms with Gasteiger partial charge in [-0.1, -0.05) is 30.3 Å². The largest absolute Gasteiger partial charge is 0.342 e. The molecule has 3 heterocycles. The summed E-state index contributed by atoms with van der Waals surface area (Å²) >= 11 is 0. The quantitative estimate of drug-likeness (QED) is 0.808. The van der Waals surface area contributed by atoms with Crippen LogP contribution < -0.4 is 0 Å². The van der Waals surface area contributed by atoms with E-state index in [0.29, 0.717) is 23.8 Å². The predicted octanol–water partition coefficient (Wildman–Crippen LogP) is 2.50. The Labute approximate surface area is 164 Å². The van der Waals surface area contributed by atoms with Crippen LogP contribution in [0.4, 0.5) is 0 Å². The maximum Gasteiger partial charge on any atom is 0.257 e. The van der Waals surface area contributed by atoms with E-state index in [1.165, 1.54) is 0 Å². The van der Waals surface area contributed by atoms with Gasteiger partial charge in [0.15, 0.2) is 5.82 Å². The van der Waals surface area contributed by atoms with Crippen LogP contribution in [0.5, 0.6) is 0 Å². The van der Waals surface area contributed by atoms with Gasteiger partial charge in [0, 0.05) is 49.8 Å². The zero-order valence-corrected chi connectivity index (χ0v) is 16.1. The van der Waals surface area contributed by atoms with Crippen LogP contribution in [0.2, 0.25) is 0 Å². The topological polar surface area (TPSA) is 66.4 Å². The molecule has 2 amide bonds. The van der Waals surface area contributed by atoms with Gasteiger partial charge in [-0.05, 0) is 25.7 Å². The predicted molar refractivity (Wildman–Crippen MR) is 105 cm³/mol. The SMILES string of the molecule is CN1CC2(CCN(C(=O)C3CC3)CC2)c2nc(-c3ccccc3)ncc2C1=O. The highest BCUT2D eigenvalue weighted by atomic mass is 16.2. The molecular formula is C22H24N4O2. The minimum absolute atomic E-state index is 0.0169. The summed E-state index contributed by atoms with van der Waals surface area (Å²) in [7, 11) is 1.85. The molecule has 144 valence electrons. The normalized spacial score (nSPS) is 21.0. The molecule has 5 rings (SSSR count). The molecule has 0 atom stereocenters. The van der Waals surface area contributed by atoms with Crippen molar-refractivity contribution in [1.29, 1.82) is 0 Å². The lowest BCUT2D eigenvalue weighted by molar-refractivity contribution is -0.134. The highest BCUT2D eigenvalue weighted by Gasteiger charge is 2.47. The molecule has 1 aromatic heterocycles. The van der Waals surface area contributed by atoms with Crippen LogP contribution >= 0.6 is 0 Å². The lowest BCUT2D eigenvalue weighted by Gasteiger charge is -2.46. The summed E-state index contributed by atoms with van der Waals surface area (Å²) < 4.78 is 0. The standard InChI is InChI=1S/C22H24N4O2/c1-25-14-22(9-11-26(12-10-22)20(27)16-7-8-16)18-17(21(25)28)13-23-19(24-18)15-5-3-2-4-6-15/h2-6,13,16H,7-12,14H2,1H3. The van der Waals surface area contributed by atoms with Crippen LogP contribution in [0.25, 0.3) is 11.4 Å². The third kappa shape index (κ3) is 2.79. The van der Waals surface area contributed by atoms with Crippen molar-refractivity contribution in [2.24, 2.45) is 5.92 Å². The number of rotatable bonds is 2. The highest BCUT2D eigenvalue weighted by Crippen LogP contribution is 2.42. The zero-order chi connectivity index (χ0) is 19.3. The zero-order valence-electron chi connectivity index (χ0n) is 16.1. The van der Waals surface area contributed by atoms with E-state index in [2.05, 4.69) is 4.98 Å². The average Bonchev–Trinajstić information content (AvgIpc) is 3.58. The number of fused-ring (bicyclic) bond motifs is 2. The molecule has 0 unspecified atom stereocenters. The van der Waals surface area contributed by atoms with Crippen molar-refractivity contribution in [3.63, 3.8) is 0 Å². The Hall–Kier alpha value is -2.76. The van der Waals surface area contributed by atoms with E-state index >= 15 is 0 Å². The van der Waals surface area contributed by atoms with Crippen molar-refractivity contribution in [1.82, 2.24) is 19.8 Å². The van der Waals surface area contributed by atoms with E-state index < -0.39 is 0 Å². The Kier molecular flexibility index (Phi) is 3.96. The Morgan fingerprint density at radius 3 is 2.54 bits per heavy atom. The molecule has 6 nitrogen and oxygen atoms in total. The number of nitrogens with zero attached hydrogens (tertiary/aromatic N) is 4. The fourth-order valence-corrected chi connectivity index (χ4v) is 4.61. The molecule has 1 saturated carbocycles. The maximum absolute atomic E-state index is 12.7. The number of benzene rings is 1. The van der Waals surface area contributed by atoms with Crippen LogP contribution in [0, 0.1) is 5.92 Å². The second kappa shape index (κ2) is 6.40. The molecule has 1 spiro atoms. The van der Waals surface area contributed by atoms with E-state index in [9.17, 15) is 9.59 Å². The number of amides is 2. The number of likely N-dealkylation sites (tertiary alicyclic amines) is 1. The minimum atomic E-state index is -0.204. The fourth-order valence-electron chi connectivity index (χ4n) is 4.61. The van der Waals surface area contributed by atoms with E-state index in [4.69, 9.17) is 4.98 Å². The Balaban J connectivity index is 1.51. The molecule has 0 N–H and O–H groups in total. The summed E-state index contributed by atoms with van der Waals surface area (Å²) in [6.45, 7) is 2.12. The van der Waals surface area contributed by atoms with Gasteiger partial charge >= 0.3 is 0 Å². The Morgan fingerprint density at radius 2 is 1.86 bits per heavy atom. The number of carbonyl (C=O) groups is 2. The van der Waals surface area contributed by atoms with Gasteiger partial charge in [-0.3, -0.25) is 9.59 Å². The smallest absolute Gasteiger partial charge is 0.257 e. The summed E-state index contributed by atoms with van der Waals surface area (Å²) in [6.07, 6.45) is 5.43. The van der Waals surface area contributed by atoms with Gasteiger partial charge < -0.3 is 9.80 Å². The average molecular weight is 376 g/mol. The molecule has 1 aliphatic carbocycles. The molecular weight excluding hydrogens is 352 g/mol. The first-order valence-electron chi connectivity index (χ1n) is 10.0. The first-order valence-corrected chi connectivity index (χ1v) is 10.0. The summed E-state index contributed by atoms with van der Waals surface area (Å²) in [5.41, 5.74) is 2.22. The van der Waals surface area contributed by atoms with Crippen molar-refractivity contribution in [3.05, 3.63) is 47.8 Å². The first-order chi connectivity index (χ1) is 13.6. The molecule has 0 bridgehead atoms. The van der Waals surface area contributed by atoms with Crippen molar-refractivity contribution >= 4 is 11.8 Å². The van der Waals surface area contributed by atoms with E-state index in [1.54, 1.807) is 11.1 Å². The number of aromatic nitrogens is 2. The number of hydrogen-bond donors (Lipinski definition) is 0. The molecule has 3 aliphatic rings. The van der Waals surface area contributed by atoms with E-state index in [-0.39, 0.29) is 17.2 Å². The molecule has 1 saturated heterocycles. The first kappa shape index (κ1) is 17.3. The van der Waals surface area contributed by atoms with Crippen molar-refractivity contribution in [3.8, 4) is 11.4 Å². The molecule has 0 radical (unpaired) electrons. The number of carbonyl (C=O) groups excluding carboxylic acids is 2. The molecule has 2 aliphatic heterocycles. The van der Waals surface area contributed by atoms with Crippen molar-refractivity contribution in [2.45, 2.75) is 31.1 Å². The van der Waals surface area contributed by atoms with Crippen LogP contribution in [0.3, 0.4) is 0 Å². The molecule has 1 aromatic carbocycles. The van der Waals surface area contributed by atoms with Crippen LogP contribution in [-0.4, -0.2) is 58.3 Å². The lowest BCUT2D eigenvalue weighted by Crippen LogP contribution is -2.54. The van der Waals surface area contributed by atoms with Crippen molar-refractivity contribution in [2.75, 3.05) is 26.7 Å². The number of hydrogen-bond acceptors (Lipinski definition) is 4. The fraction of sp³-hybridized carbons (Fsp3) is 0.455. The minimum Gasteiger partial charge on any atom is -0.342 e. The number of likely N-dealkylation sites (N-methyl/N-ethyl adjacent to an activating group) is 1. The van der Waals surface area contributed by atoms with Crippen LogP contribution in [0.1, 0.15) is 41.7 Å². The number of piperidine rings is 1. The van der Waals surface area contributed by atoms with Gasteiger partial charge in [0.05, 0.1) is 11.3 Å². The third-order valence-electron chi connectivity index (χ3n) is 6.40. The van der Waals surface area contributed by atoms with E-state index in [0.717, 1.165) is 50.0 Å². The summed E-state index contributed by atoms with van der Waals surface area (Å²) in [5.74, 6) is 1.20. The summed E-state index contributed by atoms with van der Waals surface area (Å²) in [5, 5.41) is 0. The van der Waals surface area contributed by atoms with Gasteiger partial charge in [0.1, 0.15) is 0 Å². The van der Waals surface area contributed by atoms with E-state index in [1.807, 2.05) is 42.3 Å². The Bertz CT molecular complexity index is 931. The molecule has 6 heteroatoms. The van der Waals surface area contributed by atoms with Gasteiger partial charge in [0.2, 0.25) is 5.91 Å². The second-order valence-corrected chi connectivity index (χ2v) is 8.36. The monoisotopic (exact) mass is 376 g/mol. The van der Waals surface area contributed by atoms with Gasteiger partial charge in [-0.2, -0.15) is 0 Å². The third-order valence-corrected chi connectivity index (χ3v) is 6.40. The van der Waals surface area contributed by atoms with Gasteiger partial charge in [-0.15, -0.1) is 0 Å². The summed E-state index contributed by atoms with van der Waals surface area (Å²) in [4.78, 5) is 38.4. The Morgan fingerprint density at radius 1 is 1.14 bits per heavy atom. The van der Waals surface area contributed by atoms with Gasteiger partial charge in [0.25, 0.3) is 5.91 Å². The van der Waals surface area contributed by atoms with Crippen molar-refractivity contribution < 1.29 is 9.59 Å². The molecule has 28 heavy (non-hydrogen) atoms. The summed E-state index contributed by atoms with van der Waals surface area (Å²) in [6, 6.07) is 9.88. The lowest BCUT2D eigenvalue weighted by atomic mass is 9.71. The molecule has 2 aromatic rings. The van der Waals surface area contributed by atoms with Crippen LogP contribution in [-0.2, 0) is 10.2 Å². The van der Waals surface area contributed by atoms with Gasteiger partial charge in [-0.25, -0.2) is 9.97 Å². The molecule has 2 fully saturated rings. The second-order valence-electron chi connectivity index (χ2n) is 8.36. The maximum atomic E-state index is 12.7. The van der Waals surface area contributed by atoms with Crippen LogP contribution in [0.15, 0.2) is 36.5 Å². The highest BCUT2D eigenvalue weighted by molar-refractivity contribution is 5.96.